The van der Waals surface area contributed by atoms with E-state index in [-0.39, 0.29) is 23.9 Å². The van der Waals surface area contributed by atoms with Crippen molar-refractivity contribution in [3.05, 3.63) is 58.3 Å². The maximum absolute atomic E-state index is 12.1. The van der Waals surface area contributed by atoms with Gasteiger partial charge in [0.05, 0.1) is 22.5 Å². The molecule has 1 aliphatic heterocycles. The number of hydrogen-bond acceptors (Lipinski definition) is 5. The van der Waals surface area contributed by atoms with Crippen LogP contribution in [-0.4, -0.2) is 51.8 Å². The molecule has 1 amide bonds. The average molecular weight is 473 g/mol. The van der Waals surface area contributed by atoms with Gasteiger partial charge in [-0.3, -0.25) is 9.69 Å². The van der Waals surface area contributed by atoms with Gasteiger partial charge in [-0.1, -0.05) is 13.0 Å². The Morgan fingerprint density at radius 3 is 2.67 bits per heavy atom. The molecule has 0 saturated heterocycles. The second kappa shape index (κ2) is 9.01. The fraction of sp³-hybridized carbons (Fsp3) is 0.435. The topological polar surface area (TPSA) is 115 Å². The summed E-state index contributed by atoms with van der Waals surface area (Å²) < 4.78 is 27.2. The van der Waals surface area contributed by atoms with Crippen molar-refractivity contribution in [2.45, 2.75) is 51.7 Å². The fourth-order valence-corrected chi connectivity index (χ4v) is 5.12. The SMILES string of the molecule is CCC1CCc2c(ccc3c2nc(CCn2ccccc2=O)n3CCS(C)(=O)=O)N1C(=O)O. The number of fused-ring (bicyclic) bond motifs is 3. The van der Waals surface area contributed by atoms with Crippen molar-refractivity contribution in [1.82, 2.24) is 14.1 Å². The molecule has 4 rings (SSSR count). The van der Waals surface area contributed by atoms with Crippen LogP contribution in [0.4, 0.5) is 10.5 Å². The molecule has 1 aromatic carbocycles. The molecule has 10 heteroatoms. The van der Waals surface area contributed by atoms with Gasteiger partial charge in [0.2, 0.25) is 0 Å². The summed E-state index contributed by atoms with van der Waals surface area (Å²) in [7, 11) is -3.20. The van der Waals surface area contributed by atoms with E-state index in [0.29, 0.717) is 42.8 Å². The largest absolute Gasteiger partial charge is 0.465 e. The van der Waals surface area contributed by atoms with Gasteiger partial charge in [0.15, 0.2) is 0 Å². The van der Waals surface area contributed by atoms with E-state index in [1.807, 2.05) is 17.6 Å². The number of imidazole rings is 1. The predicted octanol–water partition coefficient (Wildman–Crippen LogP) is 2.69. The molecule has 1 atom stereocenters. The van der Waals surface area contributed by atoms with E-state index < -0.39 is 15.9 Å². The Morgan fingerprint density at radius 1 is 1.21 bits per heavy atom. The Hall–Kier alpha value is -3.14. The maximum Gasteiger partial charge on any atom is 0.412 e. The summed E-state index contributed by atoms with van der Waals surface area (Å²) in [5.74, 6) is 0.643. The lowest BCUT2D eigenvalue weighted by molar-refractivity contribution is 0.197. The number of sulfone groups is 1. The molecular formula is C23H28N4O5S. The number of amides is 1. The van der Waals surface area contributed by atoms with Crippen LogP contribution >= 0.6 is 0 Å². The Kier molecular flexibility index (Phi) is 6.29. The van der Waals surface area contributed by atoms with Crippen molar-refractivity contribution >= 4 is 32.7 Å². The van der Waals surface area contributed by atoms with Gasteiger partial charge in [-0.05, 0) is 37.5 Å². The Bertz CT molecular complexity index is 1360. The smallest absolute Gasteiger partial charge is 0.412 e. The van der Waals surface area contributed by atoms with Crippen molar-refractivity contribution in [1.29, 1.82) is 0 Å². The van der Waals surface area contributed by atoms with Gasteiger partial charge in [0.1, 0.15) is 15.7 Å². The molecule has 9 nitrogen and oxygen atoms in total. The zero-order valence-electron chi connectivity index (χ0n) is 18.8. The molecular weight excluding hydrogens is 444 g/mol. The summed E-state index contributed by atoms with van der Waals surface area (Å²) in [6.07, 6.45) is 4.51. The van der Waals surface area contributed by atoms with Crippen LogP contribution in [-0.2, 0) is 35.8 Å². The van der Waals surface area contributed by atoms with E-state index in [0.717, 1.165) is 17.5 Å². The lowest BCUT2D eigenvalue weighted by Crippen LogP contribution is -2.42. The molecule has 3 aromatic rings. The van der Waals surface area contributed by atoms with E-state index in [2.05, 4.69) is 0 Å². The number of benzene rings is 1. The van der Waals surface area contributed by atoms with Gasteiger partial charge in [0, 0.05) is 49.6 Å². The number of nitrogens with zero attached hydrogens (tertiary/aromatic N) is 4. The molecule has 2 aromatic heterocycles. The first-order valence-electron chi connectivity index (χ1n) is 11.1. The molecule has 0 spiro atoms. The van der Waals surface area contributed by atoms with E-state index in [1.54, 1.807) is 29.0 Å². The average Bonchev–Trinajstić information content (AvgIpc) is 3.13. The van der Waals surface area contributed by atoms with E-state index in [1.165, 1.54) is 17.2 Å². The highest BCUT2D eigenvalue weighted by molar-refractivity contribution is 7.90. The number of anilines is 1. The van der Waals surface area contributed by atoms with E-state index in [9.17, 15) is 23.1 Å². The summed E-state index contributed by atoms with van der Waals surface area (Å²) in [6, 6.07) is 8.52. The van der Waals surface area contributed by atoms with Crippen LogP contribution in [0.15, 0.2) is 41.3 Å². The summed E-state index contributed by atoms with van der Waals surface area (Å²) in [4.78, 5) is 30.4. The number of pyridine rings is 1. The molecule has 0 saturated carbocycles. The number of rotatable bonds is 7. The minimum Gasteiger partial charge on any atom is -0.465 e. The second-order valence-corrected chi connectivity index (χ2v) is 10.7. The molecule has 3 heterocycles. The Labute approximate surface area is 192 Å². The molecule has 0 radical (unpaired) electrons. The molecule has 1 N–H and O–H groups in total. The number of aryl methyl sites for hydroxylation is 4. The number of aromatic nitrogens is 3. The highest BCUT2D eigenvalue weighted by Crippen LogP contribution is 2.37. The van der Waals surface area contributed by atoms with Crippen molar-refractivity contribution in [2.24, 2.45) is 0 Å². The molecule has 176 valence electrons. The van der Waals surface area contributed by atoms with Crippen molar-refractivity contribution < 1.29 is 18.3 Å². The van der Waals surface area contributed by atoms with Gasteiger partial charge >= 0.3 is 6.09 Å². The minimum atomic E-state index is -3.20. The predicted molar refractivity (Wildman–Crippen MR) is 127 cm³/mol. The molecule has 0 bridgehead atoms. The Morgan fingerprint density at radius 2 is 2.00 bits per heavy atom. The molecule has 33 heavy (non-hydrogen) atoms. The second-order valence-electron chi connectivity index (χ2n) is 8.48. The highest BCUT2D eigenvalue weighted by Gasteiger charge is 2.32. The van der Waals surface area contributed by atoms with Gasteiger partial charge in [-0.15, -0.1) is 0 Å². The number of carbonyl (C=O) groups is 1. The monoisotopic (exact) mass is 472 g/mol. The summed E-state index contributed by atoms with van der Waals surface area (Å²) in [5.41, 5.74) is 2.89. The first-order valence-corrected chi connectivity index (χ1v) is 13.1. The quantitative estimate of drug-likeness (QED) is 0.565. The van der Waals surface area contributed by atoms with Gasteiger partial charge in [-0.2, -0.15) is 0 Å². The van der Waals surface area contributed by atoms with Crippen LogP contribution in [0.3, 0.4) is 0 Å². The van der Waals surface area contributed by atoms with Crippen LogP contribution in [0.5, 0.6) is 0 Å². The standard InChI is InChI=1S/C23H28N4O5S/c1-3-16-7-8-17-18(27(16)23(29)30)9-10-19-22(17)24-20(26(19)14-15-33(2,31)32)11-13-25-12-5-4-6-21(25)28/h4-6,9-10,12,16H,3,7-8,11,13-15H2,1-2H3,(H,29,30). The van der Waals surface area contributed by atoms with Crippen LogP contribution in [0.1, 0.15) is 31.2 Å². The fourth-order valence-electron chi connectivity index (χ4n) is 4.60. The van der Waals surface area contributed by atoms with E-state index >= 15 is 0 Å². The van der Waals surface area contributed by atoms with Gasteiger partial charge in [-0.25, -0.2) is 18.2 Å². The van der Waals surface area contributed by atoms with Crippen LogP contribution in [0.2, 0.25) is 0 Å². The number of carboxylic acid groups (broad SMARTS) is 1. The third-order valence-corrected chi connectivity index (χ3v) is 7.19. The van der Waals surface area contributed by atoms with Crippen molar-refractivity contribution in [3.63, 3.8) is 0 Å². The summed E-state index contributed by atoms with van der Waals surface area (Å²) in [6.45, 7) is 2.63. The Balaban J connectivity index is 1.80. The van der Waals surface area contributed by atoms with Crippen molar-refractivity contribution in [2.75, 3.05) is 16.9 Å². The zero-order valence-corrected chi connectivity index (χ0v) is 19.6. The maximum atomic E-state index is 12.1. The first kappa shape index (κ1) is 23.0. The zero-order chi connectivity index (χ0) is 23.8. The highest BCUT2D eigenvalue weighted by atomic mass is 32.2. The van der Waals surface area contributed by atoms with E-state index in [4.69, 9.17) is 4.98 Å². The van der Waals surface area contributed by atoms with Gasteiger partial charge < -0.3 is 14.2 Å². The normalized spacial score (nSPS) is 16.2. The van der Waals surface area contributed by atoms with Crippen molar-refractivity contribution in [3.8, 4) is 0 Å². The summed E-state index contributed by atoms with van der Waals surface area (Å²) in [5, 5.41) is 9.83. The van der Waals surface area contributed by atoms with Crippen LogP contribution in [0.25, 0.3) is 11.0 Å². The van der Waals surface area contributed by atoms with Crippen LogP contribution in [0, 0.1) is 0 Å². The minimum absolute atomic E-state index is 0.0347. The first-order chi connectivity index (χ1) is 15.7. The lowest BCUT2D eigenvalue weighted by atomic mass is 9.93. The molecule has 1 unspecified atom stereocenters. The van der Waals surface area contributed by atoms with Crippen LogP contribution < -0.4 is 10.5 Å². The molecule has 0 aliphatic carbocycles. The molecule has 0 fully saturated rings. The molecule has 1 aliphatic rings. The third-order valence-electron chi connectivity index (χ3n) is 6.27. The summed E-state index contributed by atoms with van der Waals surface area (Å²) >= 11 is 0. The van der Waals surface area contributed by atoms with Gasteiger partial charge in [0.25, 0.3) is 5.56 Å². The number of hydrogen-bond donors (Lipinski definition) is 1. The third kappa shape index (κ3) is 4.66. The lowest BCUT2D eigenvalue weighted by Gasteiger charge is -2.34.